The third-order valence-corrected chi connectivity index (χ3v) is 2.82. The van der Waals surface area contributed by atoms with Gasteiger partial charge in [-0.25, -0.2) is 4.79 Å². The molecular weight excluding hydrogens is 264 g/mol. The minimum atomic E-state index is -0.918. The lowest BCUT2D eigenvalue weighted by Gasteiger charge is -2.26. The van der Waals surface area contributed by atoms with Crippen LogP contribution in [0.15, 0.2) is 22.8 Å². The highest BCUT2D eigenvalue weighted by Gasteiger charge is 2.21. The van der Waals surface area contributed by atoms with Crippen LogP contribution in [-0.2, 0) is 4.84 Å². The summed E-state index contributed by atoms with van der Waals surface area (Å²) in [6.45, 7) is 4.70. The van der Waals surface area contributed by atoms with Crippen molar-refractivity contribution in [3.8, 4) is 0 Å². The summed E-state index contributed by atoms with van der Waals surface area (Å²) in [5.74, 6) is 0. The Morgan fingerprint density at radius 2 is 2.53 bits per heavy atom. The van der Waals surface area contributed by atoms with Crippen molar-refractivity contribution < 1.29 is 14.7 Å². The number of hydrogen-bond acceptors (Lipinski definition) is 3. The number of nitrogens with zero attached hydrogens (tertiary/aromatic N) is 1. The van der Waals surface area contributed by atoms with Crippen LogP contribution < -0.4 is 5.48 Å². The average molecular weight is 277 g/mol. The zero-order chi connectivity index (χ0) is 11.3. The minimum absolute atomic E-state index is 0.313. The van der Waals surface area contributed by atoms with Gasteiger partial charge in [0, 0.05) is 11.0 Å². The molecule has 1 aliphatic heterocycles. The van der Waals surface area contributed by atoms with Gasteiger partial charge in [-0.1, -0.05) is 22.0 Å². The molecule has 2 N–H and O–H groups in total. The number of carboxylic acid groups (broad SMARTS) is 1. The molecule has 1 amide bonds. The first-order valence-electron chi connectivity index (χ1n) is 4.49. The van der Waals surface area contributed by atoms with Gasteiger partial charge in [0.05, 0.1) is 18.8 Å². The summed E-state index contributed by atoms with van der Waals surface area (Å²) in [5.41, 5.74) is 3.45. The van der Waals surface area contributed by atoms with E-state index in [4.69, 9.17) is 9.94 Å². The maximum Gasteiger partial charge on any atom is 0.407 e. The monoisotopic (exact) mass is 276 g/mol. The molecule has 5 nitrogen and oxygen atoms in total. The Kier molecular flexibility index (Phi) is 4.64. The van der Waals surface area contributed by atoms with Gasteiger partial charge < -0.3 is 10.0 Å². The number of nitrogens with one attached hydrogen (secondary N) is 1. The molecule has 6 heteroatoms. The van der Waals surface area contributed by atoms with E-state index >= 15 is 0 Å². The maximum atomic E-state index is 10.7. The molecule has 0 aliphatic carbocycles. The Bertz CT molecular complexity index is 291. The highest BCUT2D eigenvalue weighted by Crippen LogP contribution is 2.21. The topological polar surface area (TPSA) is 61.8 Å². The van der Waals surface area contributed by atoms with Crippen molar-refractivity contribution in [1.29, 1.82) is 0 Å². The zero-order valence-electron chi connectivity index (χ0n) is 8.20. The van der Waals surface area contributed by atoms with Gasteiger partial charge in [-0.2, -0.15) is 0 Å². The second-order valence-electron chi connectivity index (χ2n) is 3.04. The Morgan fingerprint density at radius 1 is 1.80 bits per heavy atom. The normalized spacial score (nSPS) is 16.5. The third-order valence-electron chi connectivity index (χ3n) is 1.94. The first-order chi connectivity index (χ1) is 7.15. The van der Waals surface area contributed by atoms with Crippen molar-refractivity contribution in [2.45, 2.75) is 6.42 Å². The van der Waals surface area contributed by atoms with Gasteiger partial charge in [-0.3, -0.25) is 10.3 Å². The van der Waals surface area contributed by atoms with E-state index in [1.54, 1.807) is 6.08 Å². The summed E-state index contributed by atoms with van der Waals surface area (Å²) in [6.07, 6.45) is 1.35. The summed E-state index contributed by atoms with van der Waals surface area (Å²) in [4.78, 5) is 17.1. The molecule has 0 aromatic rings. The molecule has 0 bridgehead atoms. The lowest BCUT2D eigenvalue weighted by atomic mass is 10.2. The molecule has 0 aromatic heterocycles. The van der Waals surface area contributed by atoms with Gasteiger partial charge in [-0.05, 0) is 6.42 Å². The van der Waals surface area contributed by atoms with Crippen LogP contribution in [0.2, 0.25) is 0 Å². The van der Waals surface area contributed by atoms with Crippen LogP contribution in [0.5, 0.6) is 0 Å². The summed E-state index contributed by atoms with van der Waals surface area (Å²) in [6, 6.07) is 0. The van der Waals surface area contributed by atoms with Crippen molar-refractivity contribution in [3.63, 3.8) is 0 Å². The molecule has 0 spiro atoms. The van der Waals surface area contributed by atoms with Crippen LogP contribution in [0.25, 0.3) is 0 Å². The van der Waals surface area contributed by atoms with E-state index in [0.29, 0.717) is 26.1 Å². The Morgan fingerprint density at radius 3 is 3.13 bits per heavy atom. The highest BCUT2D eigenvalue weighted by atomic mass is 79.9. The summed E-state index contributed by atoms with van der Waals surface area (Å²) < 4.78 is 0.948. The van der Waals surface area contributed by atoms with E-state index in [1.165, 1.54) is 4.90 Å². The smallest absolute Gasteiger partial charge is 0.407 e. The SMILES string of the molecule is C=CCONC1=C(Br)CCN(C(=O)O)C1. The largest absolute Gasteiger partial charge is 0.465 e. The Hall–Kier alpha value is -1.01. The molecule has 1 aliphatic rings. The van der Waals surface area contributed by atoms with Gasteiger partial charge in [0.2, 0.25) is 0 Å². The van der Waals surface area contributed by atoms with E-state index in [0.717, 1.165) is 10.2 Å². The van der Waals surface area contributed by atoms with Gasteiger partial charge in [0.15, 0.2) is 0 Å². The van der Waals surface area contributed by atoms with Crippen LogP contribution in [0.1, 0.15) is 6.42 Å². The maximum absolute atomic E-state index is 10.7. The number of rotatable bonds is 4. The highest BCUT2D eigenvalue weighted by molar-refractivity contribution is 9.11. The fourth-order valence-corrected chi connectivity index (χ4v) is 1.56. The quantitative estimate of drug-likeness (QED) is 0.466. The first kappa shape index (κ1) is 12.1. The lowest BCUT2D eigenvalue weighted by molar-refractivity contribution is 0.0753. The number of hydroxylamine groups is 1. The van der Waals surface area contributed by atoms with Gasteiger partial charge >= 0.3 is 6.09 Å². The molecule has 1 rings (SSSR count). The number of carbonyl (C=O) groups is 1. The Balaban J connectivity index is 2.52. The van der Waals surface area contributed by atoms with Crippen LogP contribution in [-0.4, -0.2) is 35.8 Å². The second kappa shape index (κ2) is 5.77. The molecule has 0 saturated heterocycles. The molecule has 84 valence electrons. The number of hydrogen-bond donors (Lipinski definition) is 2. The summed E-state index contributed by atoms with van der Waals surface area (Å²) in [7, 11) is 0. The summed E-state index contributed by atoms with van der Waals surface area (Å²) >= 11 is 3.38. The molecule has 0 fully saturated rings. The van der Waals surface area contributed by atoms with Crippen LogP contribution in [0.3, 0.4) is 0 Å². The number of halogens is 1. The molecular formula is C9H13BrN2O3. The predicted molar refractivity (Wildman–Crippen MR) is 59.5 cm³/mol. The lowest BCUT2D eigenvalue weighted by Crippen LogP contribution is -2.39. The van der Waals surface area contributed by atoms with E-state index < -0.39 is 6.09 Å². The standard InChI is InChI=1S/C9H13BrN2O3/c1-2-5-15-11-8-6-12(9(13)14)4-3-7(8)10/h2,11H,1,3-6H2,(H,13,14). The number of amides is 1. The van der Waals surface area contributed by atoms with Gasteiger partial charge in [0.25, 0.3) is 0 Å². The van der Waals surface area contributed by atoms with Crippen molar-refractivity contribution in [1.82, 2.24) is 10.4 Å². The molecule has 0 aromatic carbocycles. The molecule has 15 heavy (non-hydrogen) atoms. The van der Waals surface area contributed by atoms with Crippen LogP contribution >= 0.6 is 15.9 Å². The summed E-state index contributed by atoms with van der Waals surface area (Å²) in [5, 5.41) is 8.82. The second-order valence-corrected chi connectivity index (χ2v) is 4.00. The van der Waals surface area contributed by atoms with Crippen molar-refractivity contribution in [2.24, 2.45) is 0 Å². The van der Waals surface area contributed by atoms with Crippen LogP contribution in [0.4, 0.5) is 4.79 Å². The van der Waals surface area contributed by atoms with Gasteiger partial charge in [-0.15, -0.1) is 6.58 Å². The van der Waals surface area contributed by atoms with Crippen molar-refractivity contribution >= 4 is 22.0 Å². The van der Waals surface area contributed by atoms with E-state index in [2.05, 4.69) is 28.0 Å². The minimum Gasteiger partial charge on any atom is -0.465 e. The molecule has 0 atom stereocenters. The third kappa shape index (κ3) is 3.56. The molecule has 0 radical (unpaired) electrons. The van der Waals surface area contributed by atoms with E-state index in [-0.39, 0.29) is 0 Å². The van der Waals surface area contributed by atoms with Crippen molar-refractivity contribution in [3.05, 3.63) is 22.8 Å². The molecule has 0 unspecified atom stereocenters. The fraction of sp³-hybridized carbons (Fsp3) is 0.444. The molecule has 1 heterocycles. The van der Waals surface area contributed by atoms with E-state index in [1.807, 2.05) is 0 Å². The van der Waals surface area contributed by atoms with Crippen molar-refractivity contribution in [2.75, 3.05) is 19.7 Å². The fourth-order valence-electron chi connectivity index (χ4n) is 1.18. The first-order valence-corrected chi connectivity index (χ1v) is 5.28. The zero-order valence-corrected chi connectivity index (χ0v) is 9.79. The average Bonchev–Trinajstić information content (AvgIpc) is 2.20. The Labute approximate surface area is 96.5 Å². The van der Waals surface area contributed by atoms with Crippen LogP contribution in [0, 0.1) is 0 Å². The van der Waals surface area contributed by atoms with Gasteiger partial charge in [0.1, 0.15) is 0 Å². The predicted octanol–water partition coefficient (Wildman–Crippen LogP) is 1.68. The molecule has 0 saturated carbocycles. The van der Waals surface area contributed by atoms with E-state index in [9.17, 15) is 4.79 Å².